The summed E-state index contributed by atoms with van der Waals surface area (Å²) >= 11 is 2.62. The first-order valence-electron chi connectivity index (χ1n) is 14.5. The molecule has 10 heteroatoms. The molecule has 0 radical (unpaired) electrons. The maximum absolute atomic E-state index is 13.6. The van der Waals surface area contributed by atoms with E-state index in [0.29, 0.717) is 33.1 Å². The van der Waals surface area contributed by atoms with Crippen LogP contribution in [0.1, 0.15) is 28.4 Å². The van der Waals surface area contributed by atoms with Crippen molar-refractivity contribution in [3.63, 3.8) is 0 Å². The maximum atomic E-state index is 13.6. The predicted octanol–water partition coefficient (Wildman–Crippen LogP) is 7.82. The number of nitrogens with zero attached hydrogens (tertiary/aromatic N) is 1. The maximum Gasteiger partial charge on any atom is 0.272 e. The van der Waals surface area contributed by atoms with Gasteiger partial charge in [0.1, 0.15) is 22.5 Å². The average Bonchev–Trinajstić information content (AvgIpc) is 3.51. The molecule has 1 heterocycles. The van der Waals surface area contributed by atoms with E-state index in [0.717, 1.165) is 16.0 Å². The van der Waals surface area contributed by atoms with Crippen LogP contribution in [0.25, 0.3) is 17.2 Å². The average molecular weight is 659 g/mol. The van der Waals surface area contributed by atoms with Gasteiger partial charge in [-0.3, -0.25) is 14.4 Å². The standard InChI is InChI=1S/C37H30N4O4S2/c1-24(34(42)41-37-30(22-38)31(23-46-37)25-12-5-3-6-13-25)47-29-18-11-17-28(21-29)39-36(44)32(20-27-16-9-10-19-33(27)45-2)40-35(43)26-14-7-4-8-15-26/h3-21,23-24H,1-2H3,(H,39,44)(H,40,43)(H,41,42)/b32-20+. The quantitative estimate of drug-likeness (QED) is 0.0983. The molecule has 0 saturated heterocycles. The van der Waals surface area contributed by atoms with E-state index < -0.39 is 17.1 Å². The molecule has 0 bridgehead atoms. The number of carbonyl (C=O) groups is 3. The summed E-state index contributed by atoms with van der Waals surface area (Å²) in [4.78, 5) is 40.5. The fraction of sp³-hybridized carbons (Fsp3) is 0.0811. The lowest BCUT2D eigenvalue weighted by atomic mass is 10.1. The van der Waals surface area contributed by atoms with Crippen molar-refractivity contribution >= 4 is 57.6 Å². The first-order chi connectivity index (χ1) is 22.9. The number of carbonyl (C=O) groups excluding carboxylic acids is 3. The Balaban J connectivity index is 1.30. The molecule has 0 saturated carbocycles. The molecule has 4 aromatic carbocycles. The summed E-state index contributed by atoms with van der Waals surface area (Å²) in [6.07, 6.45) is 1.56. The Morgan fingerprint density at radius 2 is 1.60 bits per heavy atom. The van der Waals surface area contributed by atoms with Crippen molar-refractivity contribution in [3.05, 3.63) is 137 Å². The number of thioether (sulfide) groups is 1. The highest BCUT2D eigenvalue weighted by molar-refractivity contribution is 8.00. The second kappa shape index (κ2) is 15.6. The van der Waals surface area contributed by atoms with Crippen molar-refractivity contribution in [1.29, 1.82) is 5.26 Å². The fourth-order valence-corrected chi connectivity index (χ4v) is 6.44. The van der Waals surface area contributed by atoms with E-state index in [1.54, 1.807) is 73.7 Å². The Morgan fingerprint density at radius 3 is 2.32 bits per heavy atom. The first kappa shape index (κ1) is 32.8. The summed E-state index contributed by atoms with van der Waals surface area (Å²) in [7, 11) is 1.53. The molecule has 1 aromatic heterocycles. The number of benzene rings is 4. The van der Waals surface area contributed by atoms with Crippen molar-refractivity contribution in [3.8, 4) is 22.9 Å². The van der Waals surface area contributed by atoms with E-state index in [9.17, 15) is 19.6 Å². The predicted molar refractivity (Wildman–Crippen MR) is 188 cm³/mol. The Morgan fingerprint density at radius 1 is 0.894 bits per heavy atom. The van der Waals surface area contributed by atoms with Crippen molar-refractivity contribution in [2.24, 2.45) is 0 Å². The van der Waals surface area contributed by atoms with Gasteiger partial charge in [0.25, 0.3) is 11.8 Å². The van der Waals surface area contributed by atoms with E-state index >= 15 is 0 Å². The molecule has 5 aromatic rings. The van der Waals surface area contributed by atoms with Crippen LogP contribution < -0.4 is 20.7 Å². The molecule has 3 amide bonds. The Kier molecular flexibility index (Phi) is 10.9. The van der Waals surface area contributed by atoms with Crippen molar-refractivity contribution < 1.29 is 19.1 Å². The van der Waals surface area contributed by atoms with E-state index in [-0.39, 0.29) is 11.6 Å². The number of rotatable bonds is 11. The Bertz CT molecular complexity index is 1970. The molecule has 0 fully saturated rings. The number of nitrogens with one attached hydrogen (secondary N) is 3. The van der Waals surface area contributed by atoms with Gasteiger partial charge in [-0.15, -0.1) is 23.1 Å². The lowest BCUT2D eigenvalue weighted by molar-refractivity contribution is -0.115. The molecule has 3 N–H and O–H groups in total. The highest BCUT2D eigenvalue weighted by Gasteiger charge is 2.21. The third kappa shape index (κ3) is 8.35. The second-order valence-corrected chi connectivity index (χ2v) is 12.5. The number of hydrogen-bond acceptors (Lipinski definition) is 7. The van der Waals surface area contributed by atoms with Crippen LogP contribution in [0.5, 0.6) is 5.75 Å². The smallest absolute Gasteiger partial charge is 0.272 e. The zero-order chi connectivity index (χ0) is 33.2. The van der Waals surface area contributed by atoms with Crippen LogP contribution in [0.3, 0.4) is 0 Å². The monoisotopic (exact) mass is 658 g/mol. The number of thiophene rings is 1. The molecule has 47 heavy (non-hydrogen) atoms. The normalized spacial score (nSPS) is 11.6. The molecule has 8 nitrogen and oxygen atoms in total. The molecule has 0 aliphatic carbocycles. The number of ether oxygens (including phenoxy) is 1. The molecular formula is C37H30N4O4S2. The zero-order valence-electron chi connectivity index (χ0n) is 25.5. The highest BCUT2D eigenvalue weighted by atomic mass is 32.2. The molecule has 0 spiro atoms. The first-order valence-corrected chi connectivity index (χ1v) is 16.3. The van der Waals surface area contributed by atoms with Gasteiger partial charge in [0, 0.05) is 32.7 Å². The number of amides is 3. The summed E-state index contributed by atoms with van der Waals surface area (Å²) < 4.78 is 5.44. The zero-order valence-corrected chi connectivity index (χ0v) is 27.2. The molecular weight excluding hydrogens is 629 g/mol. The number of para-hydroxylation sites is 1. The SMILES string of the molecule is COc1ccccc1/C=C(/NC(=O)c1ccccc1)C(=O)Nc1cccc(SC(C)C(=O)Nc2scc(-c3ccccc3)c2C#N)c1. The largest absolute Gasteiger partial charge is 0.496 e. The van der Waals surface area contributed by atoms with Gasteiger partial charge in [0.2, 0.25) is 5.91 Å². The van der Waals surface area contributed by atoms with Crippen molar-refractivity contribution in [2.45, 2.75) is 17.1 Å². The van der Waals surface area contributed by atoms with Crippen LogP contribution in [0.4, 0.5) is 10.7 Å². The lowest BCUT2D eigenvalue weighted by Crippen LogP contribution is -2.30. The van der Waals surface area contributed by atoms with E-state index in [4.69, 9.17) is 4.74 Å². The molecule has 234 valence electrons. The Labute approximate surface area is 281 Å². The van der Waals surface area contributed by atoms with Crippen LogP contribution in [0.15, 0.2) is 125 Å². The van der Waals surface area contributed by atoms with Gasteiger partial charge in [-0.2, -0.15) is 5.26 Å². The minimum Gasteiger partial charge on any atom is -0.496 e. The van der Waals surface area contributed by atoms with Crippen LogP contribution >= 0.6 is 23.1 Å². The second-order valence-electron chi connectivity index (χ2n) is 10.2. The molecule has 1 unspecified atom stereocenters. The minimum absolute atomic E-state index is 0.0215. The highest BCUT2D eigenvalue weighted by Crippen LogP contribution is 2.36. The van der Waals surface area contributed by atoms with Gasteiger partial charge in [0.05, 0.1) is 17.9 Å². The minimum atomic E-state index is -0.538. The third-order valence-electron chi connectivity index (χ3n) is 6.97. The van der Waals surface area contributed by atoms with Gasteiger partial charge < -0.3 is 20.7 Å². The fourth-order valence-electron chi connectivity index (χ4n) is 4.59. The van der Waals surface area contributed by atoms with Crippen molar-refractivity contribution in [2.75, 3.05) is 17.7 Å². The topological polar surface area (TPSA) is 120 Å². The molecule has 5 rings (SSSR count). The molecule has 0 aliphatic heterocycles. The van der Waals surface area contributed by atoms with Crippen LogP contribution in [-0.2, 0) is 9.59 Å². The van der Waals surface area contributed by atoms with Gasteiger partial charge in [-0.1, -0.05) is 72.8 Å². The summed E-state index contributed by atoms with van der Waals surface area (Å²) in [5.74, 6) is -0.692. The van der Waals surface area contributed by atoms with Gasteiger partial charge in [-0.25, -0.2) is 0 Å². The summed E-state index contributed by atoms with van der Waals surface area (Å²) in [6, 6.07) is 34.7. The van der Waals surface area contributed by atoms with Crippen molar-refractivity contribution in [1.82, 2.24) is 5.32 Å². The van der Waals surface area contributed by atoms with Crippen LogP contribution in [-0.4, -0.2) is 30.1 Å². The van der Waals surface area contributed by atoms with Crippen LogP contribution in [0.2, 0.25) is 0 Å². The van der Waals surface area contributed by atoms with E-state index in [1.165, 1.54) is 30.2 Å². The van der Waals surface area contributed by atoms with Gasteiger partial charge in [0.15, 0.2) is 0 Å². The summed E-state index contributed by atoms with van der Waals surface area (Å²) in [6.45, 7) is 1.77. The van der Waals surface area contributed by atoms with Crippen LogP contribution in [0, 0.1) is 11.3 Å². The number of methoxy groups -OCH3 is 1. The van der Waals surface area contributed by atoms with E-state index in [2.05, 4.69) is 22.0 Å². The van der Waals surface area contributed by atoms with Gasteiger partial charge in [-0.05, 0) is 55.0 Å². The Hall–Kier alpha value is -5.63. The van der Waals surface area contributed by atoms with Gasteiger partial charge >= 0.3 is 0 Å². The molecule has 1 atom stereocenters. The number of hydrogen-bond donors (Lipinski definition) is 3. The lowest BCUT2D eigenvalue weighted by Gasteiger charge is -2.14. The number of anilines is 2. The third-order valence-corrected chi connectivity index (χ3v) is 8.96. The summed E-state index contributed by atoms with van der Waals surface area (Å²) in [5, 5.41) is 20.2. The molecule has 0 aliphatic rings. The number of nitriles is 1. The summed E-state index contributed by atoms with van der Waals surface area (Å²) in [5.41, 5.74) is 3.61. The van der Waals surface area contributed by atoms with E-state index in [1.807, 2.05) is 53.9 Å².